The molecule has 1 saturated carbocycles. The molecule has 1 aliphatic rings. The smallest absolute Gasteiger partial charge is 0.184 e. The summed E-state index contributed by atoms with van der Waals surface area (Å²) < 4.78 is 1.84. The lowest BCUT2D eigenvalue weighted by Gasteiger charge is -2.36. The van der Waals surface area contributed by atoms with Crippen molar-refractivity contribution in [2.24, 2.45) is 0 Å². The molecule has 1 aliphatic carbocycles. The Morgan fingerprint density at radius 2 is 1.90 bits per heavy atom. The molecule has 4 aromatic rings. The van der Waals surface area contributed by atoms with Gasteiger partial charge in [0.05, 0.1) is 5.52 Å². The summed E-state index contributed by atoms with van der Waals surface area (Å²) in [6, 6.07) is 19.1. The van der Waals surface area contributed by atoms with Gasteiger partial charge in [0, 0.05) is 29.2 Å². The van der Waals surface area contributed by atoms with Crippen molar-refractivity contribution in [2.45, 2.75) is 51.6 Å². The summed E-state index contributed by atoms with van der Waals surface area (Å²) in [6.07, 6.45) is 6.10. The van der Waals surface area contributed by atoms with Crippen molar-refractivity contribution < 1.29 is 0 Å². The van der Waals surface area contributed by atoms with E-state index in [1.165, 1.54) is 24.8 Å². The average Bonchev–Trinajstić information content (AvgIpc) is 3.29. The third-order valence-corrected chi connectivity index (χ3v) is 6.48. The van der Waals surface area contributed by atoms with E-state index in [2.05, 4.69) is 56.9 Å². The minimum Gasteiger partial charge on any atom is -0.342 e. The summed E-state index contributed by atoms with van der Waals surface area (Å²) >= 11 is 5.91. The van der Waals surface area contributed by atoms with Gasteiger partial charge < -0.3 is 10.2 Å². The van der Waals surface area contributed by atoms with Crippen molar-refractivity contribution in [3.8, 4) is 0 Å². The number of benzene rings is 2. The summed E-state index contributed by atoms with van der Waals surface area (Å²) in [6.45, 7) is 2.78. The Labute approximate surface area is 187 Å². The molecule has 31 heavy (non-hydrogen) atoms. The van der Waals surface area contributed by atoms with Crippen LogP contribution in [-0.4, -0.2) is 36.1 Å². The largest absolute Gasteiger partial charge is 0.342 e. The molecule has 2 heterocycles. The third kappa shape index (κ3) is 4.10. The number of hydrogen-bond donors (Lipinski definition) is 1. The second-order valence-electron chi connectivity index (χ2n) is 8.36. The lowest BCUT2D eigenvalue weighted by atomic mass is 9.94. The zero-order valence-corrected chi connectivity index (χ0v) is 18.5. The summed E-state index contributed by atoms with van der Waals surface area (Å²) in [5.74, 6) is 0. The van der Waals surface area contributed by atoms with Gasteiger partial charge in [-0.3, -0.25) is 0 Å². The minimum atomic E-state index is 0.418. The molecular weight excluding hydrogens is 404 g/mol. The Balaban J connectivity index is 1.53. The number of hydrogen-bond acceptors (Lipinski definition) is 4. The maximum atomic E-state index is 5.91. The topological polar surface area (TPSA) is 58.3 Å². The van der Waals surface area contributed by atoms with Crippen LogP contribution in [0, 0.1) is 6.92 Å². The van der Waals surface area contributed by atoms with E-state index < -0.39 is 0 Å². The van der Waals surface area contributed by atoms with Crippen LogP contribution in [0.1, 0.15) is 43.2 Å². The van der Waals surface area contributed by atoms with Crippen LogP contribution in [0.3, 0.4) is 0 Å². The number of aromatic nitrogens is 4. The first-order chi connectivity index (χ1) is 15.2. The Morgan fingerprint density at radius 1 is 1.10 bits per heavy atom. The highest BCUT2D eigenvalue weighted by Gasteiger charge is 2.25. The van der Waals surface area contributed by atoms with E-state index in [9.17, 15) is 0 Å². The van der Waals surface area contributed by atoms with Gasteiger partial charge in [-0.05, 0) is 72.7 Å². The number of thiocarbonyl (C=S) groups is 1. The Bertz CT molecular complexity index is 1210. The van der Waals surface area contributed by atoms with Crippen molar-refractivity contribution in [1.29, 1.82) is 0 Å². The second kappa shape index (κ2) is 8.59. The van der Waals surface area contributed by atoms with Crippen LogP contribution in [0.4, 0.5) is 5.69 Å². The number of nitrogens with zero attached hydrogens (tertiary/aromatic N) is 5. The molecule has 0 bridgehead atoms. The zero-order valence-electron chi connectivity index (χ0n) is 17.7. The molecule has 0 spiro atoms. The van der Waals surface area contributed by atoms with E-state index in [0.29, 0.717) is 12.6 Å². The van der Waals surface area contributed by atoms with Gasteiger partial charge in [0.15, 0.2) is 10.8 Å². The maximum absolute atomic E-state index is 5.91. The normalized spacial score (nSPS) is 14.7. The highest BCUT2D eigenvalue weighted by Crippen LogP contribution is 2.27. The summed E-state index contributed by atoms with van der Waals surface area (Å²) in [4.78, 5) is 2.34. The van der Waals surface area contributed by atoms with Crippen LogP contribution in [-0.2, 0) is 6.54 Å². The van der Waals surface area contributed by atoms with Gasteiger partial charge in [0.1, 0.15) is 0 Å². The Hall–Kier alpha value is -3.06. The predicted molar refractivity (Wildman–Crippen MR) is 128 cm³/mol. The summed E-state index contributed by atoms with van der Waals surface area (Å²) in [5, 5.41) is 17.9. The van der Waals surface area contributed by atoms with Crippen LogP contribution in [0.5, 0.6) is 0 Å². The fourth-order valence-corrected chi connectivity index (χ4v) is 4.89. The molecule has 0 aliphatic heterocycles. The molecule has 2 aromatic carbocycles. The third-order valence-electron chi connectivity index (χ3n) is 6.14. The van der Waals surface area contributed by atoms with Crippen LogP contribution in [0.15, 0.2) is 54.6 Å². The number of rotatable bonds is 4. The van der Waals surface area contributed by atoms with E-state index in [0.717, 1.165) is 45.8 Å². The van der Waals surface area contributed by atoms with Crippen molar-refractivity contribution in [3.63, 3.8) is 0 Å². The second-order valence-corrected chi connectivity index (χ2v) is 8.75. The first-order valence-corrected chi connectivity index (χ1v) is 11.3. The van der Waals surface area contributed by atoms with E-state index in [1.807, 2.05) is 34.8 Å². The number of para-hydroxylation sites is 1. The molecule has 6 nitrogen and oxygen atoms in total. The highest BCUT2D eigenvalue weighted by molar-refractivity contribution is 7.80. The number of tetrazole rings is 1. The SMILES string of the molecule is Cc1ccc2c(c1)cc(CN(C(=S)Nc1ccccc1)C1CCCCC1)c1nnnn12. The van der Waals surface area contributed by atoms with E-state index in [-0.39, 0.29) is 0 Å². The first-order valence-electron chi connectivity index (χ1n) is 10.9. The molecule has 5 rings (SSSR count). The van der Waals surface area contributed by atoms with Crippen LogP contribution in [0.2, 0.25) is 0 Å². The fourth-order valence-electron chi connectivity index (χ4n) is 4.56. The number of aryl methyl sites for hydroxylation is 1. The lowest BCUT2D eigenvalue weighted by Crippen LogP contribution is -2.43. The van der Waals surface area contributed by atoms with Gasteiger partial charge in [0.2, 0.25) is 0 Å². The molecule has 2 aromatic heterocycles. The van der Waals surface area contributed by atoms with Gasteiger partial charge in [0.25, 0.3) is 0 Å². The van der Waals surface area contributed by atoms with Gasteiger partial charge >= 0.3 is 0 Å². The zero-order chi connectivity index (χ0) is 21.2. The number of anilines is 1. The Kier molecular flexibility index (Phi) is 5.51. The molecule has 7 heteroatoms. The van der Waals surface area contributed by atoms with Crippen molar-refractivity contribution in [1.82, 2.24) is 24.9 Å². The molecule has 1 fully saturated rings. The van der Waals surface area contributed by atoms with Crippen molar-refractivity contribution in [3.05, 3.63) is 65.7 Å². The standard InChI is InChI=1S/C24H26N6S/c1-17-12-13-22-18(14-17)15-19(23-26-27-28-30(22)23)16-29(21-10-6-3-7-11-21)24(31)25-20-8-4-2-5-9-20/h2,4-5,8-9,12-15,21H,3,6-7,10-11,16H2,1H3,(H,25,31). The van der Waals surface area contributed by atoms with E-state index in [4.69, 9.17) is 12.2 Å². The average molecular weight is 431 g/mol. The molecule has 0 saturated heterocycles. The van der Waals surface area contributed by atoms with Gasteiger partial charge in [-0.15, -0.1) is 5.10 Å². The van der Waals surface area contributed by atoms with Crippen LogP contribution >= 0.6 is 12.2 Å². The summed E-state index contributed by atoms with van der Waals surface area (Å²) in [5.41, 5.74) is 5.13. The van der Waals surface area contributed by atoms with Gasteiger partial charge in [-0.25, -0.2) is 0 Å². The molecule has 1 N–H and O–H groups in total. The van der Waals surface area contributed by atoms with Crippen molar-refractivity contribution >= 4 is 39.6 Å². The van der Waals surface area contributed by atoms with Crippen molar-refractivity contribution in [2.75, 3.05) is 5.32 Å². The molecule has 0 unspecified atom stereocenters. The first kappa shape index (κ1) is 19.9. The molecular formula is C24H26N6S. The highest BCUT2D eigenvalue weighted by atomic mass is 32.1. The van der Waals surface area contributed by atoms with Gasteiger partial charge in [-0.1, -0.05) is 49.1 Å². The molecule has 0 atom stereocenters. The number of pyridine rings is 1. The predicted octanol–water partition coefficient (Wildman–Crippen LogP) is 5.12. The summed E-state index contributed by atoms with van der Waals surface area (Å²) in [7, 11) is 0. The monoisotopic (exact) mass is 430 g/mol. The van der Waals surface area contributed by atoms with Crippen LogP contribution < -0.4 is 5.32 Å². The van der Waals surface area contributed by atoms with Gasteiger partial charge in [-0.2, -0.15) is 4.52 Å². The van der Waals surface area contributed by atoms with E-state index >= 15 is 0 Å². The number of nitrogens with one attached hydrogen (secondary N) is 1. The fraction of sp³-hybridized carbons (Fsp3) is 0.333. The van der Waals surface area contributed by atoms with Crippen LogP contribution in [0.25, 0.3) is 16.6 Å². The molecule has 158 valence electrons. The minimum absolute atomic E-state index is 0.418. The Morgan fingerprint density at radius 3 is 2.71 bits per heavy atom. The quantitative estimate of drug-likeness (QED) is 0.454. The molecule has 0 amide bonds. The maximum Gasteiger partial charge on any atom is 0.184 e. The number of fused-ring (bicyclic) bond motifs is 3. The lowest BCUT2D eigenvalue weighted by molar-refractivity contribution is 0.241. The van der Waals surface area contributed by atoms with E-state index in [1.54, 1.807) is 0 Å². The molecule has 0 radical (unpaired) electrons.